The first-order chi connectivity index (χ1) is 9.85. The van der Waals surface area contributed by atoms with Crippen molar-refractivity contribution in [3.05, 3.63) is 48.2 Å². The highest BCUT2D eigenvalue weighted by molar-refractivity contribution is 7.98. The van der Waals surface area contributed by atoms with Gasteiger partial charge in [-0.15, -0.1) is 0 Å². The van der Waals surface area contributed by atoms with Gasteiger partial charge in [-0.05, 0) is 5.56 Å². The molecule has 0 fully saturated rings. The molecule has 0 radical (unpaired) electrons. The summed E-state index contributed by atoms with van der Waals surface area (Å²) in [6, 6.07) is 10.1. The lowest BCUT2D eigenvalue weighted by Crippen LogP contribution is -1.85. The van der Waals surface area contributed by atoms with Gasteiger partial charge in [0.25, 0.3) is 0 Å². The Hall–Kier alpha value is -2.08. The van der Waals surface area contributed by atoms with Crippen LogP contribution in [0.4, 0.5) is 0 Å². The molecular formula is C14H14N4OS. The van der Waals surface area contributed by atoms with E-state index in [2.05, 4.69) is 20.1 Å². The van der Waals surface area contributed by atoms with E-state index >= 15 is 0 Å². The minimum atomic E-state index is 0.620. The molecule has 102 valence electrons. The Morgan fingerprint density at radius 3 is 2.85 bits per heavy atom. The van der Waals surface area contributed by atoms with E-state index < -0.39 is 0 Å². The fourth-order valence-corrected chi connectivity index (χ4v) is 2.45. The van der Waals surface area contributed by atoms with Crippen molar-refractivity contribution in [2.75, 3.05) is 0 Å². The Balaban J connectivity index is 1.65. The van der Waals surface area contributed by atoms with Gasteiger partial charge in [0.05, 0.1) is 17.6 Å². The number of rotatable bonds is 5. The fourth-order valence-electron chi connectivity index (χ4n) is 1.76. The first-order valence-corrected chi connectivity index (χ1v) is 7.38. The molecular weight excluding hydrogens is 272 g/mol. The maximum atomic E-state index is 5.15. The van der Waals surface area contributed by atoms with E-state index in [1.54, 1.807) is 11.8 Å². The average molecular weight is 286 g/mol. The number of aryl methyl sites for hydroxylation is 1. The number of imidazole rings is 1. The van der Waals surface area contributed by atoms with Crippen LogP contribution in [0.15, 0.2) is 46.2 Å². The van der Waals surface area contributed by atoms with Crippen LogP contribution in [0.5, 0.6) is 0 Å². The molecule has 2 aromatic heterocycles. The summed E-state index contributed by atoms with van der Waals surface area (Å²) >= 11 is 1.55. The van der Waals surface area contributed by atoms with Crippen molar-refractivity contribution < 1.29 is 4.52 Å². The molecule has 0 unspecified atom stereocenters. The van der Waals surface area contributed by atoms with E-state index in [-0.39, 0.29) is 0 Å². The zero-order valence-electron chi connectivity index (χ0n) is 11.0. The average Bonchev–Trinajstić information content (AvgIpc) is 3.15. The number of aromatic nitrogens is 4. The molecule has 1 N–H and O–H groups in total. The minimum absolute atomic E-state index is 0.620. The van der Waals surface area contributed by atoms with Gasteiger partial charge in [-0.3, -0.25) is 0 Å². The maximum Gasteiger partial charge on any atom is 0.237 e. The van der Waals surface area contributed by atoms with Crippen LogP contribution in [0.1, 0.15) is 18.6 Å². The lowest BCUT2D eigenvalue weighted by Gasteiger charge is -1.95. The number of hydrogen-bond donors (Lipinski definition) is 1. The van der Waals surface area contributed by atoms with Gasteiger partial charge in [0.1, 0.15) is 0 Å². The van der Waals surface area contributed by atoms with E-state index in [4.69, 9.17) is 4.52 Å². The van der Waals surface area contributed by atoms with Crippen molar-refractivity contribution >= 4 is 11.8 Å². The van der Waals surface area contributed by atoms with Crippen LogP contribution in [-0.4, -0.2) is 20.1 Å². The quantitative estimate of drug-likeness (QED) is 0.729. The Morgan fingerprint density at radius 2 is 2.10 bits per heavy atom. The Kier molecular flexibility index (Phi) is 3.83. The predicted octanol–water partition coefficient (Wildman–Crippen LogP) is 3.31. The molecule has 1 aromatic carbocycles. The van der Waals surface area contributed by atoms with E-state index in [9.17, 15) is 0 Å². The van der Waals surface area contributed by atoms with Crippen LogP contribution in [0.3, 0.4) is 0 Å². The van der Waals surface area contributed by atoms with Gasteiger partial charge < -0.3 is 9.51 Å². The number of nitrogens with zero attached hydrogens (tertiary/aromatic N) is 3. The predicted molar refractivity (Wildman–Crippen MR) is 77.3 cm³/mol. The lowest BCUT2D eigenvalue weighted by molar-refractivity contribution is 0.385. The van der Waals surface area contributed by atoms with Gasteiger partial charge in [0, 0.05) is 6.42 Å². The summed E-state index contributed by atoms with van der Waals surface area (Å²) in [5.74, 6) is 1.99. The molecule has 3 aromatic rings. The van der Waals surface area contributed by atoms with Crippen molar-refractivity contribution in [3.63, 3.8) is 0 Å². The van der Waals surface area contributed by atoms with E-state index in [1.807, 2.05) is 43.5 Å². The van der Waals surface area contributed by atoms with Gasteiger partial charge in [-0.2, -0.15) is 4.98 Å². The number of H-pyrrole nitrogens is 1. The number of hydrogen-bond acceptors (Lipinski definition) is 5. The molecule has 6 heteroatoms. The summed E-state index contributed by atoms with van der Waals surface area (Å²) < 4.78 is 5.15. The Labute approximate surface area is 120 Å². The van der Waals surface area contributed by atoms with Crippen LogP contribution in [0, 0.1) is 0 Å². The van der Waals surface area contributed by atoms with Gasteiger partial charge in [0.2, 0.25) is 5.89 Å². The number of thioether (sulfide) groups is 1. The molecule has 0 amide bonds. The van der Waals surface area contributed by atoms with Crippen LogP contribution < -0.4 is 0 Å². The molecule has 0 atom stereocenters. The van der Waals surface area contributed by atoms with Crippen LogP contribution in [0.2, 0.25) is 0 Å². The van der Waals surface area contributed by atoms with Crippen molar-refractivity contribution in [2.45, 2.75) is 24.3 Å². The molecule has 3 rings (SSSR count). The van der Waals surface area contributed by atoms with Crippen molar-refractivity contribution in [1.82, 2.24) is 20.1 Å². The molecule has 20 heavy (non-hydrogen) atoms. The SMILES string of the molecule is CCc1noc(CSc2ncc(-c3ccccc3)[nH]2)n1. The van der Waals surface area contributed by atoms with Crippen LogP contribution >= 0.6 is 11.8 Å². The normalized spacial score (nSPS) is 10.8. The zero-order valence-corrected chi connectivity index (χ0v) is 11.9. The molecule has 0 aliphatic heterocycles. The molecule has 0 saturated carbocycles. The number of nitrogens with one attached hydrogen (secondary N) is 1. The number of aromatic amines is 1. The summed E-state index contributed by atoms with van der Waals surface area (Å²) in [5, 5.41) is 4.72. The molecule has 0 spiro atoms. The topological polar surface area (TPSA) is 67.6 Å². The standard InChI is InChI=1S/C14H14N4OS/c1-2-12-17-13(19-18-12)9-20-14-15-8-11(16-14)10-6-4-3-5-7-10/h3-8H,2,9H2,1H3,(H,15,16). The Morgan fingerprint density at radius 1 is 1.25 bits per heavy atom. The lowest BCUT2D eigenvalue weighted by atomic mass is 10.2. The third-order valence-electron chi connectivity index (χ3n) is 2.80. The first kappa shape index (κ1) is 12.9. The smallest absolute Gasteiger partial charge is 0.237 e. The fraction of sp³-hybridized carbons (Fsp3) is 0.214. The Bertz CT molecular complexity index is 677. The van der Waals surface area contributed by atoms with E-state index in [0.717, 1.165) is 28.7 Å². The molecule has 2 heterocycles. The highest BCUT2D eigenvalue weighted by atomic mass is 32.2. The first-order valence-electron chi connectivity index (χ1n) is 6.40. The number of benzene rings is 1. The summed E-state index contributed by atoms with van der Waals surface area (Å²) in [6.45, 7) is 2.00. The highest BCUT2D eigenvalue weighted by Crippen LogP contribution is 2.23. The van der Waals surface area contributed by atoms with Gasteiger partial charge >= 0.3 is 0 Å². The summed E-state index contributed by atoms with van der Waals surface area (Å²) in [7, 11) is 0. The van der Waals surface area contributed by atoms with Crippen LogP contribution in [0.25, 0.3) is 11.3 Å². The minimum Gasteiger partial charge on any atom is -0.338 e. The van der Waals surface area contributed by atoms with Gasteiger partial charge in [0.15, 0.2) is 11.0 Å². The highest BCUT2D eigenvalue weighted by Gasteiger charge is 2.08. The molecule has 0 saturated heterocycles. The van der Waals surface area contributed by atoms with E-state index in [0.29, 0.717) is 11.6 Å². The third-order valence-corrected chi connectivity index (χ3v) is 3.67. The molecule has 0 aliphatic carbocycles. The van der Waals surface area contributed by atoms with E-state index in [1.165, 1.54) is 0 Å². The van der Waals surface area contributed by atoms with Crippen LogP contribution in [-0.2, 0) is 12.2 Å². The van der Waals surface area contributed by atoms with Gasteiger partial charge in [-0.25, -0.2) is 4.98 Å². The molecule has 5 nitrogen and oxygen atoms in total. The zero-order chi connectivity index (χ0) is 13.8. The summed E-state index contributed by atoms with van der Waals surface area (Å²) in [4.78, 5) is 11.9. The van der Waals surface area contributed by atoms with Crippen molar-refractivity contribution in [3.8, 4) is 11.3 Å². The third kappa shape index (κ3) is 2.91. The monoisotopic (exact) mass is 286 g/mol. The molecule has 0 bridgehead atoms. The second kappa shape index (κ2) is 5.92. The van der Waals surface area contributed by atoms with Crippen molar-refractivity contribution in [2.24, 2.45) is 0 Å². The van der Waals surface area contributed by atoms with Crippen molar-refractivity contribution in [1.29, 1.82) is 0 Å². The second-order valence-corrected chi connectivity index (χ2v) is 5.18. The van der Waals surface area contributed by atoms with Gasteiger partial charge in [-0.1, -0.05) is 54.2 Å². The maximum absolute atomic E-state index is 5.15. The summed E-state index contributed by atoms with van der Waals surface area (Å²) in [5.41, 5.74) is 2.13. The second-order valence-electron chi connectivity index (χ2n) is 4.21. The molecule has 0 aliphatic rings. The summed E-state index contributed by atoms with van der Waals surface area (Å²) in [6.07, 6.45) is 2.62. The largest absolute Gasteiger partial charge is 0.338 e.